The van der Waals surface area contributed by atoms with Crippen molar-refractivity contribution < 1.29 is 9.90 Å². The fraction of sp³-hybridized carbons (Fsp3) is 0.750. The SMILES string of the molecule is Cc1[nH]nc(CC23CC4CC(CC(C4)C2)C3)c1C(=O)O. The van der Waals surface area contributed by atoms with Gasteiger partial charge < -0.3 is 5.11 Å². The zero-order chi connectivity index (χ0) is 13.9. The fourth-order valence-corrected chi connectivity index (χ4v) is 5.75. The number of hydrogen-bond acceptors (Lipinski definition) is 2. The Bertz CT molecular complexity index is 526. The third-order valence-electron chi connectivity index (χ3n) is 5.94. The molecule has 4 bridgehead atoms. The van der Waals surface area contributed by atoms with E-state index in [0.717, 1.165) is 29.9 Å². The van der Waals surface area contributed by atoms with Crippen LogP contribution in [0.1, 0.15) is 60.3 Å². The lowest BCUT2D eigenvalue weighted by Gasteiger charge is -2.56. The molecule has 0 spiro atoms. The first-order valence-electron chi connectivity index (χ1n) is 7.82. The maximum absolute atomic E-state index is 11.4. The predicted octanol–water partition coefficient (Wildman–Crippen LogP) is 3.18. The smallest absolute Gasteiger partial charge is 0.339 e. The van der Waals surface area contributed by atoms with Crippen molar-refractivity contribution in [2.45, 2.75) is 51.9 Å². The fourth-order valence-electron chi connectivity index (χ4n) is 5.75. The van der Waals surface area contributed by atoms with Crippen LogP contribution >= 0.6 is 0 Å². The van der Waals surface area contributed by atoms with Crippen LogP contribution in [0.25, 0.3) is 0 Å². The zero-order valence-electron chi connectivity index (χ0n) is 12.0. The molecule has 1 aromatic heterocycles. The Morgan fingerprint density at radius 3 is 2.30 bits per heavy atom. The second-order valence-corrected chi connectivity index (χ2v) is 7.57. The van der Waals surface area contributed by atoms with Crippen molar-refractivity contribution in [2.75, 3.05) is 0 Å². The van der Waals surface area contributed by atoms with E-state index in [-0.39, 0.29) is 0 Å². The van der Waals surface area contributed by atoms with E-state index < -0.39 is 5.97 Å². The number of aromatic carboxylic acids is 1. The molecule has 0 saturated heterocycles. The third kappa shape index (κ3) is 1.80. The lowest BCUT2D eigenvalue weighted by Crippen LogP contribution is -2.47. The van der Waals surface area contributed by atoms with Gasteiger partial charge in [0.15, 0.2) is 0 Å². The minimum atomic E-state index is -0.837. The van der Waals surface area contributed by atoms with E-state index in [4.69, 9.17) is 0 Å². The molecule has 0 amide bonds. The number of carboxylic acids is 1. The van der Waals surface area contributed by atoms with Gasteiger partial charge in [-0.25, -0.2) is 4.79 Å². The summed E-state index contributed by atoms with van der Waals surface area (Å²) in [5.41, 5.74) is 2.25. The Balaban J connectivity index is 1.64. The van der Waals surface area contributed by atoms with Gasteiger partial charge in [-0.3, -0.25) is 5.10 Å². The minimum absolute atomic E-state index is 0.348. The Labute approximate surface area is 119 Å². The maximum Gasteiger partial charge on any atom is 0.339 e. The molecule has 2 N–H and O–H groups in total. The molecular formula is C16H22N2O2. The molecule has 0 unspecified atom stereocenters. The number of carbonyl (C=O) groups is 1. The monoisotopic (exact) mass is 274 g/mol. The highest BCUT2D eigenvalue weighted by Gasteiger charge is 2.51. The molecule has 1 aromatic rings. The van der Waals surface area contributed by atoms with Gasteiger partial charge in [-0.2, -0.15) is 5.10 Å². The van der Waals surface area contributed by atoms with Crippen LogP contribution in [0.5, 0.6) is 0 Å². The maximum atomic E-state index is 11.4. The summed E-state index contributed by atoms with van der Waals surface area (Å²) in [6.45, 7) is 1.81. The van der Waals surface area contributed by atoms with E-state index in [0.29, 0.717) is 16.7 Å². The molecule has 1 heterocycles. The van der Waals surface area contributed by atoms with Gasteiger partial charge in [-0.05, 0) is 75.0 Å². The number of nitrogens with zero attached hydrogens (tertiary/aromatic N) is 1. The Kier molecular flexibility index (Phi) is 2.54. The summed E-state index contributed by atoms with van der Waals surface area (Å²) in [6.07, 6.45) is 9.01. The van der Waals surface area contributed by atoms with Crippen molar-refractivity contribution in [3.8, 4) is 0 Å². The Morgan fingerprint density at radius 2 is 1.80 bits per heavy atom. The molecular weight excluding hydrogens is 252 g/mol. The lowest BCUT2D eigenvalue weighted by molar-refractivity contribution is -0.0527. The number of aromatic nitrogens is 2. The van der Waals surface area contributed by atoms with Crippen molar-refractivity contribution >= 4 is 5.97 Å². The largest absolute Gasteiger partial charge is 0.478 e. The zero-order valence-corrected chi connectivity index (χ0v) is 12.0. The Hall–Kier alpha value is -1.32. The molecule has 20 heavy (non-hydrogen) atoms. The molecule has 4 aliphatic rings. The molecule has 0 aromatic carbocycles. The number of carboxylic acid groups (broad SMARTS) is 1. The van der Waals surface area contributed by atoms with Crippen LogP contribution in [0.15, 0.2) is 0 Å². The van der Waals surface area contributed by atoms with Crippen LogP contribution in [0.3, 0.4) is 0 Å². The van der Waals surface area contributed by atoms with Crippen molar-refractivity contribution in [3.05, 3.63) is 17.0 Å². The third-order valence-corrected chi connectivity index (χ3v) is 5.94. The number of H-pyrrole nitrogens is 1. The molecule has 0 atom stereocenters. The van der Waals surface area contributed by atoms with E-state index in [9.17, 15) is 9.90 Å². The number of nitrogens with one attached hydrogen (secondary N) is 1. The summed E-state index contributed by atoms with van der Waals surface area (Å²) >= 11 is 0. The molecule has 4 saturated carbocycles. The van der Waals surface area contributed by atoms with Gasteiger partial charge in [0, 0.05) is 5.69 Å². The van der Waals surface area contributed by atoms with Gasteiger partial charge in [0.25, 0.3) is 0 Å². The van der Waals surface area contributed by atoms with Crippen LogP contribution in [0.2, 0.25) is 0 Å². The van der Waals surface area contributed by atoms with Gasteiger partial charge in [0.2, 0.25) is 0 Å². The predicted molar refractivity (Wildman–Crippen MR) is 74.6 cm³/mol. The summed E-state index contributed by atoms with van der Waals surface area (Å²) in [5.74, 6) is 1.86. The number of aromatic amines is 1. The van der Waals surface area contributed by atoms with Gasteiger partial charge in [-0.1, -0.05) is 0 Å². The average Bonchev–Trinajstić information content (AvgIpc) is 2.67. The number of hydrogen-bond donors (Lipinski definition) is 2. The lowest BCUT2D eigenvalue weighted by atomic mass is 9.48. The highest BCUT2D eigenvalue weighted by atomic mass is 16.4. The van der Waals surface area contributed by atoms with Crippen LogP contribution in [0, 0.1) is 30.1 Å². The summed E-state index contributed by atoms with van der Waals surface area (Å²) in [4.78, 5) is 11.4. The molecule has 0 radical (unpaired) electrons. The summed E-state index contributed by atoms with van der Waals surface area (Å²) in [5, 5.41) is 16.6. The minimum Gasteiger partial charge on any atom is -0.478 e. The molecule has 108 valence electrons. The highest BCUT2D eigenvalue weighted by Crippen LogP contribution is 2.61. The normalized spacial score (nSPS) is 38.4. The standard InChI is InChI=1S/C16H22N2O2/c1-9-14(15(19)20)13(18-17-9)8-16-5-10-2-11(6-16)4-12(3-10)7-16/h10-12H,2-8H2,1H3,(H,17,18)(H,19,20). The molecule has 4 heteroatoms. The summed E-state index contributed by atoms with van der Waals surface area (Å²) < 4.78 is 0. The average molecular weight is 274 g/mol. The first-order valence-corrected chi connectivity index (χ1v) is 7.82. The second-order valence-electron chi connectivity index (χ2n) is 7.57. The van der Waals surface area contributed by atoms with Gasteiger partial charge in [-0.15, -0.1) is 0 Å². The van der Waals surface area contributed by atoms with Crippen LogP contribution in [-0.4, -0.2) is 21.3 Å². The molecule has 0 aliphatic heterocycles. The molecule has 4 fully saturated rings. The molecule has 5 rings (SSSR count). The summed E-state index contributed by atoms with van der Waals surface area (Å²) in [7, 11) is 0. The highest BCUT2D eigenvalue weighted by molar-refractivity contribution is 5.90. The Morgan fingerprint density at radius 1 is 1.25 bits per heavy atom. The van der Waals surface area contributed by atoms with E-state index in [1.54, 1.807) is 6.92 Å². The molecule has 4 nitrogen and oxygen atoms in total. The van der Waals surface area contributed by atoms with E-state index in [1.165, 1.54) is 38.5 Å². The molecule has 4 aliphatic carbocycles. The summed E-state index contributed by atoms with van der Waals surface area (Å²) in [6, 6.07) is 0. The second kappa shape index (κ2) is 4.09. The van der Waals surface area contributed by atoms with Crippen molar-refractivity contribution in [2.24, 2.45) is 23.2 Å². The van der Waals surface area contributed by atoms with E-state index in [2.05, 4.69) is 10.2 Å². The number of rotatable bonds is 3. The van der Waals surface area contributed by atoms with Gasteiger partial charge in [0.05, 0.1) is 5.69 Å². The topological polar surface area (TPSA) is 66.0 Å². The quantitative estimate of drug-likeness (QED) is 0.889. The van der Waals surface area contributed by atoms with E-state index in [1.807, 2.05) is 0 Å². The van der Waals surface area contributed by atoms with Gasteiger partial charge in [0.1, 0.15) is 5.56 Å². The van der Waals surface area contributed by atoms with Crippen molar-refractivity contribution in [1.82, 2.24) is 10.2 Å². The van der Waals surface area contributed by atoms with Crippen LogP contribution < -0.4 is 0 Å². The first kappa shape index (κ1) is 12.4. The van der Waals surface area contributed by atoms with Gasteiger partial charge >= 0.3 is 5.97 Å². The van der Waals surface area contributed by atoms with E-state index >= 15 is 0 Å². The van der Waals surface area contributed by atoms with Crippen molar-refractivity contribution in [1.29, 1.82) is 0 Å². The van der Waals surface area contributed by atoms with Crippen LogP contribution in [-0.2, 0) is 6.42 Å². The van der Waals surface area contributed by atoms with Crippen LogP contribution in [0.4, 0.5) is 0 Å². The van der Waals surface area contributed by atoms with Crippen molar-refractivity contribution in [3.63, 3.8) is 0 Å². The number of aryl methyl sites for hydroxylation is 1. The first-order chi connectivity index (χ1) is 9.55.